The molecule has 0 amide bonds. The van der Waals surface area contributed by atoms with E-state index in [9.17, 15) is 9.18 Å². The van der Waals surface area contributed by atoms with Crippen LogP contribution in [0.3, 0.4) is 0 Å². The number of benzene rings is 2. The second kappa shape index (κ2) is 6.26. The fraction of sp³-hybridized carbons (Fsp3) is 0.188. The Balaban J connectivity index is 2.13. The zero-order chi connectivity index (χ0) is 15.4. The Hall–Kier alpha value is -2.56. The van der Waals surface area contributed by atoms with E-state index in [4.69, 9.17) is 14.6 Å². The molecule has 110 valence electrons. The maximum Gasteiger partial charge on any atom is 0.339 e. The van der Waals surface area contributed by atoms with Gasteiger partial charge in [-0.05, 0) is 36.2 Å². The third kappa shape index (κ3) is 3.51. The predicted molar refractivity (Wildman–Crippen MR) is 75.4 cm³/mol. The first-order chi connectivity index (χ1) is 10.0. The fourth-order valence-corrected chi connectivity index (χ4v) is 1.83. The molecule has 5 heteroatoms. The van der Waals surface area contributed by atoms with Gasteiger partial charge in [0.15, 0.2) is 0 Å². The number of ether oxygens (including phenoxy) is 2. The summed E-state index contributed by atoms with van der Waals surface area (Å²) in [5.74, 6) is -0.704. The van der Waals surface area contributed by atoms with Crippen LogP contribution in [0.15, 0.2) is 36.4 Å². The molecule has 0 radical (unpaired) electrons. The van der Waals surface area contributed by atoms with Gasteiger partial charge >= 0.3 is 5.97 Å². The van der Waals surface area contributed by atoms with E-state index >= 15 is 0 Å². The lowest BCUT2D eigenvalue weighted by molar-refractivity contribution is 0.0693. The summed E-state index contributed by atoms with van der Waals surface area (Å²) in [6.45, 7) is 1.87. The monoisotopic (exact) mass is 290 g/mol. The predicted octanol–water partition coefficient (Wildman–Crippen LogP) is 3.42. The highest BCUT2D eigenvalue weighted by atomic mass is 19.1. The molecule has 0 bridgehead atoms. The van der Waals surface area contributed by atoms with Gasteiger partial charge in [-0.2, -0.15) is 0 Å². The molecular weight excluding hydrogens is 275 g/mol. The number of hydrogen-bond acceptors (Lipinski definition) is 3. The number of carboxylic acid groups (broad SMARTS) is 1. The highest BCUT2D eigenvalue weighted by Gasteiger charge is 2.11. The van der Waals surface area contributed by atoms with Crippen LogP contribution in [0.2, 0.25) is 0 Å². The van der Waals surface area contributed by atoms with Gasteiger partial charge in [0.2, 0.25) is 0 Å². The summed E-state index contributed by atoms with van der Waals surface area (Å²) in [6.07, 6.45) is 0. The average Bonchev–Trinajstić information content (AvgIpc) is 2.48. The van der Waals surface area contributed by atoms with Crippen LogP contribution in [0.1, 0.15) is 21.5 Å². The lowest BCUT2D eigenvalue weighted by atomic mass is 10.1. The minimum atomic E-state index is -1.06. The zero-order valence-electron chi connectivity index (χ0n) is 11.7. The molecule has 4 nitrogen and oxygen atoms in total. The lowest BCUT2D eigenvalue weighted by Gasteiger charge is -2.10. The number of carbonyl (C=O) groups is 1. The van der Waals surface area contributed by atoms with Crippen LogP contribution in [0.4, 0.5) is 4.39 Å². The van der Waals surface area contributed by atoms with Crippen molar-refractivity contribution < 1.29 is 23.8 Å². The maximum absolute atomic E-state index is 13.4. The summed E-state index contributed by atoms with van der Waals surface area (Å²) in [4.78, 5) is 11.0. The highest BCUT2D eigenvalue weighted by Crippen LogP contribution is 2.22. The molecular formula is C16H15FO4. The van der Waals surface area contributed by atoms with Crippen molar-refractivity contribution in [2.24, 2.45) is 0 Å². The molecule has 0 aliphatic rings. The van der Waals surface area contributed by atoms with E-state index in [0.29, 0.717) is 11.3 Å². The highest BCUT2D eigenvalue weighted by molar-refractivity contribution is 5.90. The summed E-state index contributed by atoms with van der Waals surface area (Å²) >= 11 is 0. The Bertz CT molecular complexity index is 667. The third-order valence-corrected chi connectivity index (χ3v) is 3.05. The van der Waals surface area contributed by atoms with Crippen molar-refractivity contribution in [2.45, 2.75) is 13.5 Å². The minimum absolute atomic E-state index is 0.0858. The molecule has 0 aliphatic carbocycles. The molecule has 0 saturated carbocycles. The Morgan fingerprint density at radius 1 is 1.24 bits per heavy atom. The number of aryl methyl sites for hydroxylation is 1. The Morgan fingerprint density at radius 3 is 2.62 bits per heavy atom. The van der Waals surface area contributed by atoms with Crippen LogP contribution in [0.5, 0.6) is 11.5 Å². The van der Waals surface area contributed by atoms with Gasteiger partial charge < -0.3 is 14.6 Å². The summed E-state index contributed by atoms with van der Waals surface area (Å²) in [6, 6.07) is 9.32. The van der Waals surface area contributed by atoms with Crippen molar-refractivity contribution in [3.8, 4) is 11.5 Å². The minimum Gasteiger partial charge on any atom is -0.496 e. The van der Waals surface area contributed by atoms with Crippen LogP contribution in [-0.2, 0) is 6.61 Å². The standard InChI is InChI=1S/C16H15FO4/c1-10-3-5-12(8-14(10)17)21-9-11-4-6-13(16(18)19)15(7-11)20-2/h3-8H,9H2,1-2H3,(H,18,19). The van der Waals surface area contributed by atoms with Gasteiger partial charge in [-0.1, -0.05) is 12.1 Å². The van der Waals surface area contributed by atoms with E-state index in [-0.39, 0.29) is 23.7 Å². The molecule has 2 rings (SSSR count). The van der Waals surface area contributed by atoms with E-state index in [0.717, 1.165) is 5.56 Å². The van der Waals surface area contributed by atoms with Crippen LogP contribution in [0, 0.1) is 12.7 Å². The number of aromatic carboxylic acids is 1. The van der Waals surface area contributed by atoms with E-state index in [1.54, 1.807) is 31.2 Å². The number of methoxy groups -OCH3 is 1. The van der Waals surface area contributed by atoms with Crippen molar-refractivity contribution in [1.29, 1.82) is 0 Å². The van der Waals surface area contributed by atoms with Crippen LogP contribution in [-0.4, -0.2) is 18.2 Å². The molecule has 0 spiro atoms. The van der Waals surface area contributed by atoms with Gasteiger partial charge in [-0.15, -0.1) is 0 Å². The number of hydrogen-bond donors (Lipinski definition) is 1. The van der Waals surface area contributed by atoms with Crippen molar-refractivity contribution in [2.75, 3.05) is 7.11 Å². The van der Waals surface area contributed by atoms with Crippen molar-refractivity contribution in [3.05, 3.63) is 58.9 Å². The van der Waals surface area contributed by atoms with E-state index in [1.807, 2.05) is 0 Å². The SMILES string of the molecule is COc1cc(COc2ccc(C)c(F)c2)ccc1C(=O)O. The molecule has 0 atom stereocenters. The van der Waals surface area contributed by atoms with E-state index < -0.39 is 5.97 Å². The van der Waals surface area contributed by atoms with Crippen molar-refractivity contribution in [3.63, 3.8) is 0 Å². The summed E-state index contributed by atoms with van der Waals surface area (Å²) in [5, 5.41) is 9.00. The van der Waals surface area contributed by atoms with Gasteiger partial charge in [0.05, 0.1) is 7.11 Å². The second-order valence-corrected chi connectivity index (χ2v) is 4.54. The Labute approximate surface area is 121 Å². The van der Waals surface area contributed by atoms with Gasteiger partial charge in [0.25, 0.3) is 0 Å². The van der Waals surface area contributed by atoms with Gasteiger partial charge in [-0.3, -0.25) is 0 Å². The molecule has 0 saturated heterocycles. The molecule has 2 aromatic rings. The number of rotatable bonds is 5. The quantitative estimate of drug-likeness (QED) is 0.916. The molecule has 0 aliphatic heterocycles. The maximum atomic E-state index is 13.4. The van der Waals surface area contributed by atoms with E-state index in [1.165, 1.54) is 19.2 Å². The second-order valence-electron chi connectivity index (χ2n) is 4.54. The summed E-state index contributed by atoms with van der Waals surface area (Å²) in [5.41, 5.74) is 1.37. The summed E-state index contributed by atoms with van der Waals surface area (Å²) < 4.78 is 23.9. The summed E-state index contributed by atoms with van der Waals surface area (Å²) in [7, 11) is 1.40. The normalized spacial score (nSPS) is 10.2. The van der Waals surface area contributed by atoms with Crippen LogP contribution in [0.25, 0.3) is 0 Å². The van der Waals surface area contributed by atoms with Crippen LogP contribution < -0.4 is 9.47 Å². The smallest absolute Gasteiger partial charge is 0.339 e. The van der Waals surface area contributed by atoms with Gasteiger partial charge in [-0.25, -0.2) is 9.18 Å². The first-order valence-electron chi connectivity index (χ1n) is 6.30. The largest absolute Gasteiger partial charge is 0.496 e. The van der Waals surface area contributed by atoms with Gasteiger partial charge in [0, 0.05) is 6.07 Å². The topological polar surface area (TPSA) is 55.8 Å². The first kappa shape index (κ1) is 14.8. The molecule has 0 aromatic heterocycles. The van der Waals surface area contributed by atoms with Crippen molar-refractivity contribution in [1.82, 2.24) is 0 Å². The van der Waals surface area contributed by atoms with Gasteiger partial charge in [0.1, 0.15) is 29.5 Å². The molecule has 1 N–H and O–H groups in total. The molecule has 2 aromatic carbocycles. The van der Waals surface area contributed by atoms with Crippen molar-refractivity contribution >= 4 is 5.97 Å². The molecule has 0 fully saturated rings. The molecule has 21 heavy (non-hydrogen) atoms. The average molecular weight is 290 g/mol. The molecule has 0 heterocycles. The third-order valence-electron chi connectivity index (χ3n) is 3.05. The number of halogens is 1. The Morgan fingerprint density at radius 2 is 2.00 bits per heavy atom. The lowest BCUT2D eigenvalue weighted by Crippen LogP contribution is -2.03. The fourth-order valence-electron chi connectivity index (χ4n) is 1.83. The molecule has 0 unspecified atom stereocenters. The zero-order valence-corrected chi connectivity index (χ0v) is 11.7. The first-order valence-corrected chi connectivity index (χ1v) is 6.30. The van der Waals surface area contributed by atoms with Crippen LogP contribution >= 0.6 is 0 Å². The number of carboxylic acids is 1. The van der Waals surface area contributed by atoms with E-state index in [2.05, 4.69) is 0 Å². The Kier molecular flexibility index (Phi) is 4.42.